The van der Waals surface area contributed by atoms with Crippen LogP contribution in [0.2, 0.25) is 0 Å². The molecule has 0 aliphatic carbocycles. The molecule has 9 heteroatoms. The van der Waals surface area contributed by atoms with Crippen LogP contribution in [0.3, 0.4) is 0 Å². The van der Waals surface area contributed by atoms with Crippen LogP contribution in [0, 0.1) is 0 Å². The molecule has 1 N–H and O–H groups in total. The molecule has 2 aromatic carbocycles. The summed E-state index contributed by atoms with van der Waals surface area (Å²) in [6, 6.07) is 10.1. The zero-order chi connectivity index (χ0) is 20.4. The third-order valence-electron chi connectivity index (χ3n) is 3.83. The molecular formula is C19H14Br2N2O4S. The Bertz CT molecular complexity index is 1010. The number of rotatable bonds is 3. The largest absolute Gasteiger partial charge is 0.506 e. The molecule has 144 valence electrons. The smallest absolute Gasteiger partial charge is 0.337 e. The summed E-state index contributed by atoms with van der Waals surface area (Å²) in [5.74, 6) is -0.541. The maximum absolute atomic E-state index is 12.6. The van der Waals surface area contributed by atoms with Crippen LogP contribution < -0.4 is 0 Å². The monoisotopic (exact) mass is 524 g/mol. The Morgan fingerprint density at radius 2 is 1.93 bits per heavy atom. The van der Waals surface area contributed by atoms with E-state index in [0.717, 1.165) is 5.56 Å². The standard InChI is InChI=1S/C19H14Br2N2O4S/c1-23-17(25)15(8-10-6-13(20)16(24)14(21)7-10)28-19(23)22-12-5-3-4-11(9-12)18(26)27-2/h3-9,24H,1-2H3. The summed E-state index contributed by atoms with van der Waals surface area (Å²) in [6.45, 7) is 0. The van der Waals surface area contributed by atoms with E-state index in [1.807, 2.05) is 0 Å². The second-order valence-electron chi connectivity index (χ2n) is 5.74. The number of hydrogen-bond acceptors (Lipinski definition) is 6. The van der Waals surface area contributed by atoms with Crippen molar-refractivity contribution in [1.29, 1.82) is 0 Å². The lowest BCUT2D eigenvalue weighted by Crippen LogP contribution is -2.23. The van der Waals surface area contributed by atoms with Crippen LogP contribution in [0.1, 0.15) is 15.9 Å². The average molecular weight is 526 g/mol. The van der Waals surface area contributed by atoms with Gasteiger partial charge in [0.15, 0.2) is 5.17 Å². The number of aliphatic imine (C=N–C) groups is 1. The molecule has 28 heavy (non-hydrogen) atoms. The minimum absolute atomic E-state index is 0.0948. The number of phenolic OH excluding ortho intramolecular Hbond substituents is 1. The van der Waals surface area contributed by atoms with E-state index in [9.17, 15) is 14.7 Å². The zero-order valence-corrected chi connectivity index (χ0v) is 18.8. The molecule has 2 aromatic rings. The molecule has 3 rings (SSSR count). The van der Waals surface area contributed by atoms with Crippen molar-refractivity contribution in [2.75, 3.05) is 14.2 Å². The highest BCUT2D eigenvalue weighted by Gasteiger charge is 2.30. The molecule has 1 fully saturated rings. The van der Waals surface area contributed by atoms with Crippen molar-refractivity contribution in [3.8, 4) is 5.75 Å². The number of benzene rings is 2. The SMILES string of the molecule is COC(=O)c1cccc(N=C2SC(=Cc3cc(Br)c(O)c(Br)c3)C(=O)N2C)c1. The van der Waals surface area contributed by atoms with Gasteiger partial charge in [0, 0.05) is 7.05 Å². The van der Waals surface area contributed by atoms with Crippen LogP contribution in [-0.4, -0.2) is 41.2 Å². The molecule has 0 saturated carbocycles. The zero-order valence-electron chi connectivity index (χ0n) is 14.8. The van der Waals surface area contributed by atoms with Gasteiger partial charge in [0.05, 0.1) is 32.2 Å². The summed E-state index contributed by atoms with van der Waals surface area (Å²) in [6.07, 6.45) is 1.73. The summed E-state index contributed by atoms with van der Waals surface area (Å²) >= 11 is 7.79. The quantitative estimate of drug-likeness (QED) is 0.453. The molecule has 0 aromatic heterocycles. The van der Waals surface area contributed by atoms with Crippen LogP contribution in [0.25, 0.3) is 6.08 Å². The minimum atomic E-state index is -0.449. The Labute approximate surface area is 182 Å². The van der Waals surface area contributed by atoms with Crippen LogP contribution in [0.5, 0.6) is 5.75 Å². The Hall–Kier alpha value is -2.10. The molecule has 1 saturated heterocycles. The summed E-state index contributed by atoms with van der Waals surface area (Å²) in [5.41, 5.74) is 1.67. The third-order valence-corrected chi connectivity index (χ3v) is 6.10. The summed E-state index contributed by atoms with van der Waals surface area (Å²) in [4.78, 5) is 30.7. The molecule has 0 radical (unpaired) electrons. The van der Waals surface area contributed by atoms with Crippen molar-refractivity contribution >= 4 is 72.4 Å². The second kappa shape index (κ2) is 8.50. The van der Waals surface area contributed by atoms with Crippen LogP contribution >= 0.6 is 43.6 Å². The highest BCUT2D eigenvalue weighted by atomic mass is 79.9. The minimum Gasteiger partial charge on any atom is -0.506 e. The van der Waals surface area contributed by atoms with Gasteiger partial charge in [-0.15, -0.1) is 0 Å². The summed E-state index contributed by atoms with van der Waals surface area (Å²) < 4.78 is 5.76. The number of phenols is 1. The van der Waals surface area contributed by atoms with Crippen molar-refractivity contribution in [1.82, 2.24) is 4.90 Å². The number of nitrogens with zero attached hydrogens (tertiary/aromatic N) is 2. The number of hydrogen-bond donors (Lipinski definition) is 1. The van der Waals surface area contributed by atoms with Crippen molar-refractivity contribution in [2.45, 2.75) is 0 Å². The Morgan fingerprint density at radius 1 is 1.25 bits per heavy atom. The number of amidine groups is 1. The van der Waals surface area contributed by atoms with E-state index in [0.29, 0.717) is 30.3 Å². The lowest BCUT2D eigenvalue weighted by atomic mass is 10.2. The topological polar surface area (TPSA) is 79.2 Å². The van der Waals surface area contributed by atoms with Crippen molar-refractivity contribution in [3.05, 3.63) is 61.4 Å². The molecule has 0 unspecified atom stereocenters. The first-order valence-corrected chi connectivity index (χ1v) is 10.3. The van der Waals surface area contributed by atoms with E-state index in [1.54, 1.807) is 49.5 Å². The fourth-order valence-electron chi connectivity index (χ4n) is 2.40. The van der Waals surface area contributed by atoms with Gasteiger partial charge in [0.25, 0.3) is 5.91 Å². The van der Waals surface area contributed by atoms with Crippen molar-refractivity contribution in [2.24, 2.45) is 4.99 Å². The maximum atomic E-state index is 12.6. The summed E-state index contributed by atoms with van der Waals surface area (Å²) in [5, 5.41) is 10.3. The van der Waals surface area contributed by atoms with E-state index in [2.05, 4.69) is 36.9 Å². The first-order valence-electron chi connectivity index (χ1n) is 7.93. The fourth-order valence-corrected chi connectivity index (χ4v) is 4.61. The van der Waals surface area contributed by atoms with Crippen LogP contribution in [-0.2, 0) is 9.53 Å². The van der Waals surface area contributed by atoms with E-state index < -0.39 is 5.97 Å². The number of thioether (sulfide) groups is 1. The number of halogens is 2. The molecule has 6 nitrogen and oxygen atoms in total. The van der Waals surface area contributed by atoms with E-state index >= 15 is 0 Å². The highest BCUT2D eigenvalue weighted by Crippen LogP contribution is 2.37. The number of carbonyl (C=O) groups is 2. The number of methoxy groups -OCH3 is 1. The molecule has 0 spiro atoms. The normalized spacial score (nSPS) is 16.9. The van der Waals surface area contributed by atoms with Gasteiger partial charge in [-0.05, 0) is 85.6 Å². The number of likely N-dealkylation sites (N-methyl/N-ethyl adjacent to an activating group) is 1. The first kappa shape index (κ1) is 20.6. The molecule has 1 heterocycles. The number of aromatic hydroxyl groups is 1. The molecule has 1 aliphatic heterocycles. The Balaban J connectivity index is 1.91. The Kier molecular flexibility index (Phi) is 6.26. The third kappa shape index (κ3) is 4.31. The number of amides is 1. The maximum Gasteiger partial charge on any atom is 0.337 e. The van der Waals surface area contributed by atoms with E-state index in [1.165, 1.54) is 23.8 Å². The number of esters is 1. The molecular weight excluding hydrogens is 512 g/mol. The van der Waals surface area contributed by atoms with Gasteiger partial charge in [0.2, 0.25) is 0 Å². The molecule has 0 bridgehead atoms. The highest BCUT2D eigenvalue weighted by molar-refractivity contribution is 9.11. The first-order chi connectivity index (χ1) is 13.3. The van der Waals surface area contributed by atoms with Crippen LogP contribution in [0.4, 0.5) is 5.69 Å². The number of carbonyl (C=O) groups excluding carboxylic acids is 2. The van der Waals surface area contributed by atoms with Gasteiger partial charge in [-0.2, -0.15) is 0 Å². The van der Waals surface area contributed by atoms with Crippen molar-refractivity contribution in [3.63, 3.8) is 0 Å². The van der Waals surface area contributed by atoms with E-state index in [4.69, 9.17) is 4.74 Å². The van der Waals surface area contributed by atoms with Crippen molar-refractivity contribution < 1.29 is 19.4 Å². The molecule has 1 aliphatic rings. The lowest BCUT2D eigenvalue weighted by molar-refractivity contribution is -0.121. The fraction of sp³-hybridized carbons (Fsp3) is 0.105. The second-order valence-corrected chi connectivity index (χ2v) is 8.46. The van der Waals surface area contributed by atoms with Gasteiger partial charge in [0.1, 0.15) is 5.75 Å². The van der Waals surface area contributed by atoms with Gasteiger partial charge in [-0.1, -0.05) is 6.07 Å². The van der Waals surface area contributed by atoms with E-state index in [-0.39, 0.29) is 11.7 Å². The van der Waals surface area contributed by atoms with Gasteiger partial charge in [-0.3, -0.25) is 9.69 Å². The van der Waals surface area contributed by atoms with Gasteiger partial charge >= 0.3 is 5.97 Å². The van der Waals surface area contributed by atoms with Crippen LogP contribution in [0.15, 0.2) is 55.2 Å². The molecule has 1 amide bonds. The predicted octanol–water partition coefficient (Wildman–Crippen LogP) is 4.94. The predicted molar refractivity (Wildman–Crippen MR) is 117 cm³/mol. The lowest BCUT2D eigenvalue weighted by Gasteiger charge is -2.07. The Morgan fingerprint density at radius 3 is 2.57 bits per heavy atom. The number of ether oxygens (including phenoxy) is 1. The van der Waals surface area contributed by atoms with Gasteiger partial charge < -0.3 is 9.84 Å². The summed E-state index contributed by atoms with van der Waals surface area (Å²) in [7, 11) is 2.96. The molecule has 0 atom stereocenters. The average Bonchev–Trinajstić information content (AvgIpc) is 2.93. The van der Waals surface area contributed by atoms with Gasteiger partial charge in [-0.25, -0.2) is 9.79 Å².